The smallest absolute Gasteiger partial charge is 0.479 e. The summed E-state index contributed by atoms with van der Waals surface area (Å²) in [4.78, 5) is 106. The molecule has 0 aromatic heterocycles. The first kappa shape index (κ1) is 52.1. The number of aliphatic carboxylic acids is 1. The molecular formula is C48H66N6O12S. The number of benzene rings is 2. The van der Waals surface area contributed by atoms with Crippen molar-refractivity contribution < 1.29 is 57.7 Å². The summed E-state index contributed by atoms with van der Waals surface area (Å²) in [6, 6.07) is 11.6. The Morgan fingerprint density at radius 1 is 0.657 bits per heavy atom. The molecule has 366 valence electrons. The van der Waals surface area contributed by atoms with E-state index in [0.29, 0.717) is 28.7 Å². The molecule has 2 aromatic rings. The second-order valence-corrected chi connectivity index (χ2v) is 20.7. The summed E-state index contributed by atoms with van der Waals surface area (Å²) in [5.41, 5.74) is -1.78. The van der Waals surface area contributed by atoms with Crippen LogP contribution in [0.15, 0.2) is 54.6 Å². The Bertz CT molecular complexity index is 2080. The van der Waals surface area contributed by atoms with Crippen LogP contribution in [-0.2, 0) is 51.1 Å². The van der Waals surface area contributed by atoms with E-state index in [0.717, 1.165) is 32.1 Å². The Balaban J connectivity index is 1.19. The van der Waals surface area contributed by atoms with Gasteiger partial charge < -0.3 is 51.2 Å². The first-order chi connectivity index (χ1) is 31.5. The molecule has 4 aliphatic carbocycles. The van der Waals surface area contributed by atoms with Gasteiger partial charge in [0, 0.05) is 12.8 Å². The summed E-state index contributed by atoms with van der Waals surface area (Å²) in [6.45, 7) is 8.91. The lowest BCUT2D eigenvalue weighted by atomic mass is 9.48. The molecule has 0 heterocycles. The molecule has 0 aliphatic heterocycles. The second kappa shape index (κ2) is 22.8. The van der Waals surface area contributed by atoms with Gasteiger partial charge in [0.05, 0.1) is 13.1 Å². The highest BCUT2D eigenvalue weighted by Crippen LogP contribution is 2.58. The van der Waals surface area contributed by atoms with Gasteiger partial charge in [-0.2, -0.15) is 11.8 Å². The quantitative estimate of drug-likeness (QED) is 0.0732. The maximum Gasteiger partial charge on any atom is 0.514 e. The number of alkyl carbamates (subject to hydrolysis) is 1. The van der Waals surface area contributed by atoms with Gasteiger partial charge in [-0.1, -0.05) is 42.5 Å². The summed E-state index contributed by atoms with van der Waals surface area (Å²) >= 11 is 1.47. The Hall–Kier alpha value is -5.85. The van der Waals surface area contributed by atoms with Crippen LogP contribution >= 0.6 is 11.8 Å². The minimum absolute atomic E-state index is 0.0385. The van der Waals surface area contributed by atoms with E-state index < -0.39 is 95.7 Å². The van der Waals surface area contributed by atoms with Gasteiger partial charge >= 0.3 is 18.2 Å². The summed E-state index contributed by atoms with van der Waals surface area (Å²) in [6.07, 6.45) is 4.37. The first-order valence-electron chi connectivity index (χ1n) is 22.7. The summed E-state index contributed by atoms with van der Waals surface area (Å²) < 4.78 is 15.7. The van der Waals surface area contributed by atoms with E-state index in [2.05, 4.69) is 31.9 Å². The standard InChI is InChI=1S/C48H66N6O12S/c1-46(2,3)65-44(62)53-36(25-29-13-15-34(16-14-29)64-45(63)66-47(4,5)6)40(57)50-26-38(55)49-27-39(56)51-37(24-28-11-9-8-10-12-28)41(58)52-35(17-18-67-7)42(59)54-48(43(60)61)32-20-30-19-31(22-32)23-33(48)21-30/h8-16,30-33,35-37H,17-27H2,1-7H3,(H,49,55)(H,50,57)(H,51,56)(H,52,58)(H,53,62)(H,54,59)(H,60,61)/t30?,31?,32?,33?,35-,36-,37-,48?/m0/s1. The van der Waals surface area contributed by atoms with Gasteiger partial charge in [0.1, 0.15) is 40.6 Å². The number of carbonyl (C=O) groups excluding carboxylic acids is 7. The molecule has 4 saturated carbocycles. The SMILES string of the molecule is CSCC[C@H](NC(=O)[C@H](Cc1ccccc1)NC(=O)CNC(=O)CNC(=O)[C@H](Cc1ccc(OC(=O)OC(C)(C)C)cc1)NC(=O)OC(C)(C)C)C(=O)NC1(C(=O)O)C2CC3CC(C2)CC1C3. The fourth-order valence-corrected chi connectivity index (χ4v) is 9.87. The molecule has 4 fully saturated rings. The zero-order chi connectivity index (χ0) is 49.1. The molecule has 4 aliphatic rings. The third-order valence-electron chi connectivity index (χ3n) is 12.1. The van der Waals surface area contributed by atoms with Crippen molar-refractivity contribution in [3.8, 4) is 5.75 Å². The van der Waals surface area contributed by atoms with Crippen molar-refractivity contribution in [1.82, 2.24) is 31.9 Å². The third kappa shape index (κ3) is 15.3. The minimum atomic E-state index is -1.41. The number of thioether (sulfide) groups is 1. The highest BCUT2D eigenvalue weighted by Gasteiger charge is 2.62. The number of ether oxygens (including phenoxy) is 3. The van der Waals surface area contributed by atoms with Crippen LogP contribution in [0.3, 0.4) is 0 Å². The minimum Gasteiger partial charge on any atom is -0.479 e. The van der Waals surface area contributed by atoms with Gasteiger partial charge in [0.2, 0.25) is 29.5 Å². The van der Waals surface area contributed by atoms with E-state index in [9.17, 15) is 43.5 Å². The largest absolute Gasteiger partial charge is 0.514 e. The number of hydrogen-bond acceptors (Lipinski definition) is 12. The van der Waals surface area contributed by atoms with Crippen LogP contribution in [0.4, 0.5) is 9.59 Å². The highest BCUT2D eigenvalue weighted by atomic mass is 32.2. The Morgan fingerprint density at radius 2 is 1.21 bits per heavy atom. The number of carboxylic acid groups (broad SMARTS) is 1. The molecule has 0 spiro atoms. The van der Waals surface area contributed by atoms with E-state index in [-0.39, 0.29) is 36.8 Å². The van der Waals surface area contributed by atoms with Gasteiger partial charge in [-0.15, -0.1) is 0 Å². The van der Waals surface area contributed by atoms with Crippen molar-refractivity contribution >= 4 is 59.5 Å². The molecule has 19 heteroatoms. The molecule has 6 amide bonds. The van der Waals surface area contributed by atoms with Crippen LogP contribution in [0.5, 0.6) is 5.75 Å². The molecule has 67 heavy (non-hydrogen) atoms. The van der Waals surface area contributed by atoms with E-state index in [1.807, 2.05) is 6.26 Å². The van der Waals surface area contributed by atoms with Gasteiger partial charge in [0.15, 0.2) is 0 Å². The number of carboxylic acids is 1. The van der Waals surface area contributed by atoms with Gasteiger partial charge in [0.25, 0.3) is 0 Å². The zero-order valence-corrected chi connectivity index (χ0v) is 40.2. The zero-order valence-electron chi connectivity index (χ0n) is 39.4. The lowest BCUT2D eigenvalue weighted by molar-refractivity contribution is -0.168. The van der Waals surface area contributed by atoms with Gasteiger partial charge in [-0.05, 0) is 139 Å². The van der Waals surface area contributed by atoms with E-state index in [4.69, 9.17) is 14.2 Å². The highest BCUT2D eigenvalue weighted by molar-refractivity contribution is 7.98. The van der Waals surface area contributed by atoms with Crippen LogP contribution in [0.25, 0.3) is 0 Å². The van der Waals surface area contributed by atoms with Crippen LogP contribution in [0.2, 0.25) is 0 Å². The van der Waals surface area contributed by atoms with Gasteiger partial charge in [-0.25, -0.2) is 14.4 Å². The lowest BCUT2D eigenvalue weighted by Crippen LogP contribution is -2.71. The third-order valence-corrected chi connectivity index (χ3v) is 12.8. The molecule has 4 bridgehead atoms. The van der Waals surface area contributed by atoms with Crippen molar-refractivity contribution in [3.63, 3.8) is 0 Å². The second-order valence-electron chi connectivity index (χ2n) is 19.7. The van der Waals surface area contributed by atoms with Crippen LogP contribution in [0.1, 0.15) is 91.2 Å². The average Bonchev–Trinajstić information content (AvgIpc) is 3.23. The number of carbonyl (C=O) groups is 8. The van der Waals surface area contributed by atoms with Crippen LogP contribution in [-0.4, -0.2) is 113 Å². The first-order valence-corrected chi connectivity index (χ1v) is 24.1. The van der Waals surface area contributed by atoms with Crippen LogP contribution < -0.4 is 36.6 Å². The molecule has 18 nitrogen and oxygen atoms in total. The maximum absolute atomic E-state index is 14.1. The molecule has 0 saturated heterocycles. The van der Waals surface area contributed by atoms with Crippen molar-refractivity contribution in [2.24, 2.45) is 23.7 Å². The summed E-state index contributed by atoms with van der Waals surface area (Å²) in [7, 11) is 0. The normalized spacial score (nSPS) is 21.9. The summed E-state index contributed by atoms with van der Waals surface area (Å²) in [5.74, 6) is -3.30. The molecule has 7 N–H and O–H groups in total. The Labute approximate surface area is 395 Å². The van der Waals surface area contributed by atoms with E-state index in [1.54, 1.807) is 84.0 Å². The predicted molar refractivity (Wildman–Crippen MR) is 249 cm³/mol. The molecule has 3 atom stereocenters. The predicted octanol–water partition coefficient (Wildman–Crippen LogP) is 4.03. The number of rotatable bonds is 20. The van der Waals surface area contributed by atoms with Crippen molar-refractivity contribution in [2.45, 2.75) is 128 Å². The van der Waals surface area contributed by atoms with Crippen molar-refractivity contribution in [3.05, 3.63) is 65.7 Å². The van der Waals surface area contributed by atoms with Crippen molar-refractivity contribution in [1.29, 1.82) is 0 Å². The molecule has 2 aromatic carbocycles. The molecular weight excluding hydrogens is 885 g/mol. The average molecular weight is 951 g/mol. The molecule has 0 radical (unpaired) electrons. The Kier molecular flexibility index (Phi) is 17.7. The fraction of sp³-hybridized carbons (Fsp3) is 0.583. The number of amides is 6. The van der Waals surface area contributed by atoms with Crippen molar-refractivity contribution in [2.75, 3.05) is 25.1 Å². The number of nitrogens with one attached hydrogen (secondary N) is 6. The fourth-order valence-electron chi connectivity index (χ4n) is 9.39. The maximum atomic E-state index is 14.1. The topological polar surface area (TPSA) is 257 Å². The summed E-state index contributed by atoms with van der Waals surface area (Å²) in [5, 5.41) is 26.5. The number of hydrogen-bond donors (Lipinski definition) is 7. The molecule has 6 rings (SSSR count). The monoisotopic (exact) mass is 950 g/mol. The Morgan fingerprint density at radius 3 is 1.76 bits per heavy atom. The molecule has 0 unspecified atom stereocenters. The van der Waals surface area contributed by atoms with E-state index in [1.165, 1.54) is 23.9 Å². The van der Waals surface area contributed by atoms with Gasteiger partial charge in [-0.3, -0.25) is 24.0 Å². The van der Waals surface area contributed by atoms with E-state index >= 15 is 0 Å². The van der Waals surface area contributed by atoms with Crippen LogP contribution in [0, 0.1) is 23.7 Å². The lowest BCUT2D eigenvalue weighted by Gasteiger charge is -2.59.